The molecule has 2 rings (SSSR count). The van der Waals surface area contributed by atoms with Gasteiger partial charge in [-0.3, -0.25) is 14.3 Å². The summed E-state index contributed by atoms with van der Waals surface area (Å²) in [6, 6.07) is 6.35. The van der Waals surface area contributed by atoms with Crippen molar-refractivity contribution < 1.29 is 18.0 Å². The van der Waals surface area contributed by atoms with Crippen LogP contribution in [0.25, 0.3) is 0 Å². The van der Waals surface area contributed by atoms with Crippen LogP contribution in [0, 0.1) is 0 Å². The van der Waals surface area contributed by atoms with Crippen molar-refractivity contribution >= 4 is 27.5 Å². The van der Waals surface area contributed by atoms with Crippen molar-refractivity contribution in [2.24, 2.45) is 0 Å². The average molecular weight is 353 g/mol. The maximum atomic E-state index is 12.6. The molecule has 0 aliphatic carbocycles. The highest BCUT2D eigenvalue weighted by Crippen LogP contribution is 2.14. The minimum atomic E-state index is -3.34. The highest BCUT2D eigenvalue weighted by atomic mass is 32.2. The van der Waals surface area contributed by atoms with Gasteiger partial charge in [0.15, 0.2) is 0 Å². The number of nitrogens with one attached hydrogen (secondary N) is 1. The monoisotopic (exact) mass is 353 g/mol. The molecule has 132 valence electrons. The molecule has 1 saturated heterocycles. The number of hydrogen-bond acceptors (Lipinski definition) is 4. The first kappa shape index (κ1) is 18.3. The minimum absolute atomic E-state index is 0.105. The van der Waals surface area contributed by atoms with E-state index >= 15 is 0 Å². The molecule has 1 aromatic rings. The van der Waals surface area contributed by atoms with Gasteiger partial charge in [-0.05, 0) is 30.7 Å². The fourth-order valence-electron chi connectivity index (χ4n) is 2.67. The van der Waals surface area contributed by atoms with Gasteiger partial charge < -0.3 is 9.80 Å². The Morgan fingerprint density at radius 1 is 1.04 bits per heavy atom. The predicted molar refractivity (Wildman–Crippen MR) is 92.3 cm³/mol. The van der Waals surface area contributed by atoms with Gasteiger partial charge >= 0.3 is 0 Å². The van der Waals surface area contributed by atoms with Crippen molar-refractivity contribution in [2.75, 3.05) is 37.2 Å². The summed E-state index contributed by atoms with van der Waals surface area (Å²) < 4.78 is 24.8. The Labute approximate surface area is 142 Å². The second kappa shape index (κ2) is 7.65. The molecule has 0 unspecified atom stereocenters. The smallest absolute Gasteiger partial charge is 0.253 e. The van der Waals surface area contributed by atoms with Gasteiger partial charge in [0, 0.05) is 43.9 Å². The van der Waals surface area contributed by atoms with Gasteiger partial charge in [-0.2, -0.15) is 0 Å². The summed E-state index contributed by atoms with van der Waals surface area (Å²) in [6.07, 6.45) is 2.31. The zero-order valence-corrected chi connectivity index (χ0v) is 14.8. The van der Waals surface area contributed by atoms with Gasteiger partial charge in [0.2, 0.25) is 15.9 Å². The summed E-state index contributed by atoms with van der Waals surface area (Å²) in [5.74, 6) is 0.00667. The normalized spacial score (nSPS) is 15.8. The number of hydrogen-bond donors (Lipinski definition) is 1. The van der Waals surface area contributed by atoms with E-state index in [0.29, 0.717) is 43.9 Å². The van der Waals surface area contributed by atoms with Crippen molar-refractivity contribution in [3.05, 3.63) is 29.8 Å². The Kier molecular flexibility index (Phi) is 5.82. The van der Waals surface area contributed by atoms with Crippen LogP contribution >= 0.6 is 0 Å². The third-order valence-corrected chi connectivity index (χ3v) is 4.48. The molecule has 0 atom stereocenters. The van der Waals surface area contributed by atoms with Crippen LogP contribution in [0.2, 0.25) is 0 Å². The van der Waals surface area contributed by atoms with Gasteiger partial charge in [-0.1, -0.05) is 6.92 Å². The lowest BCUT2D eigenvalue weighted by molar-refractivity contribution is -0.130. The van der Waals surface area contributed by atoms with Crippen LogP contribution in [0.1, 0.15) is 30.1 Å². The van der Waals surface area contributed by atoms with Crippen LogP contribution in [-0.2, 0) is 14.8 Å². The Hall–Kier alpha value is -2.09. The van der Waals surface area contributed by atoms with E-state index in [1.165, 1.54) is 0 Å². The molecule has 0 bridgehead atoms. The molecule has 8 heteroatoms. The van der Waals surface area contributed by atoms with Crippen LogP contribution in [0.5, 0.6) is 0 Å². The van der Waals surface area contributed by atoms with E-state index in [9.17, 15) is 18.0 Å². The van der Waals surface area contributed by atoms with E-state index in [1.54, 1.807) is 34.1 Å². The topological polar surface area (TPSA) is 86.8 Å². The number of carbonyl (C=O) groups excluding carboxylic acids is 2. The predicted octanol–water partition coefficient (Wildman–Crippen LogP) is 1.14. The largest absolute Gasteiger partial charge is 0.341 e. The second-order valence-electron chi connectivity index (χ2n) is 5.83. The van der Waals surface area contributed by atoms with Crippen LogP contribution in [0.15, 0.2) is 24.3 Å². The Morgan fingerprint density at radius 2 is 1.62 bits per heavy atom. The highest BCUT2D eigenvalue weighted by molar-refractivity contribution is 7.92. The molecule has 0 aromatic heterocycles. The van der Waals surface area contributed by atoms with Crippen LogP contribution in [-0.4, -0.2) is 62.5 Å². The molecule has 1 aliphatic heterocycles. The van der Waals surface area contributed by atoms with E-state index < -0.39 is 10.0 Å². The highest BCUT2D eigenvalue weighted by Gasteiger charge is 2.22. The summed E-state index contributed by atoms with van der Waals surface area (Å²) >= 11 is 0. The first-order valence-corrected chi connectivity index (χ1v) is 9.84. The molecule has 7 nitrogen and oxygen atoms in total. The van der Waals surface area contributed by atoms with Crippen molar-refractivity contribution in [3.8, 4) is 0 Å². The van der Waals surface area contributed by atoms with Gasteiger partial charge in [0.05, 0.1) is 6.26 Å². The number of nitrogens with zero attached hydrogens (tertiary/aromatic N) is 2. The molecule has 0 spiro atoms. The standard InChI is InChI=1S/C16H23N3O4S/c1-3-15(20)18-9-4-10-19(12-11-18)16(21)13-5-7-14(8-6-13)17-24(2,22)23/h5-8,17H,3-4,9-12H2,1-2H3. The zero-order chi connectivity index (χ0) is 17.7. The quantitative estimate of drug-likeness (QED) is 0.879. The van der Waals surface area contributed by atoms with Crippen LogP contribution in [0.4, 0.5) is 5.69 Å². The van der Waals surface area contributed by atoms with Crippen molar-refractivity contribution in [3.63, 3.8) is 0 Å². The molecular formula is C16H23N3O4S. The lowest BCUT2D eigenvalue weighted by atomic mass is 10.2. The zero-order valence-electron chi connectivity index (χ0n) is 14.0. The molecule has 1 aromatic carbocycles. The molecule has 24 heavy (non-hydrogen) atoms. The molecule has 1 fully saturated rings. The van der Waals surface area contributed by atoms with E-state index in [-0.39, 0.29) is 11.8 Å². The number of anilines is 1. The van der Waals surface area contributed by atoms with Gasteiger partial charge in [-0.25, -0.2) is 8.42 Å². The Bertz CT molecular complexity index is 701. The Balaban J connectivity index is 2.02. The van der Waals surface area contributed by atoms with E-state index in [4.69, 9.17) is 0 Å². The maximum absolute atomic E-state index is 12.6. The summed E-state index contributed by atoms with van der Waals surface area (Å²) in [5.41, 5.74) is 0.925. The molecule has 0 radical (unpaired) electrons. The van der Waals surface area contributed by atoms with E-state index in [2.05, 4.69) is 4.72 Å². The Morgan fingerprint density at radius 3 is 2.21 bits per heavy atom. The van der Waals surface area contributed by atoms with E-state index in [0.717, 1.165) is 12.7 Å². The number of benzene rings is 1. The summed E-state index contributed by atoms with van der Waals surface area (Å²) in [7, 11) is -3.34. The number of carbonyl (C=O) groups is 2. The van der Waals surface area contributed by atoms with E-state index in [1.807, 2.05) is 6.92 Å². The molecular weight excluding hydrogens is 330 g/mol. The number of amides is 2. The summed E-state index contributed by atoms with van der Waals surface area (Å²) in [6.45, 7) is 4.17. The fourth-order valence-corrected chi connectivity index (χ4v) is 3.24. The third-order valence-electron chi connectivity index (χ3n) is 3.87. The number of rotatable bonds is 4. The van der Waals surface area contributed by atoms with Gasteiger partial charge in [-0.15, -0.1) is 0 Å². The molecule has 1 heterocycles. The number of sulfonamides is 1. The van der Waals surface area contributed by atoms with Gasteiger partial charge in [0.1, 0.15) is 0 Å². The fraction of sp³-hybridized carbons (Fsp3) is 0.500. The molecule has 2 amide bonds. The SMILES string of the molecule is CCC(=O)N1CCCN(C(=O)c2ccc(NS(C)(=O)=O)cc2)CC1. The van der Waals surface area contributed by atoms with Crippen molar-refractivity contribution in [1.82, 2.24) is 9.80 Å². The lowest BCUT2D eigenvalue weighted by Gasteiger charge is -2.22. The first-order chi connectivity index (χ1) is 11.3. The second-order valence-corrected chi connectivity index (χ2v) is 7.58. The first-order valence-electron chi connectivity index (χ1n) is 7.95. The maximum Gasteiger partial charge on any atom is 0.253 e. The minimum Gasteiger partial charge on any atom is -0.341 e. The van der Waals surface area contributed by atoms with Crippen molar-refractivity contribution in [2.45, 2.75) is 19.8 Å². The van der Waals surface area contributed by atoms with Crippen molar-refractivity contribution in [1.29, 1.82) is 0 Å². The summed E-state index contributed by atoms with van der Waals surface area (Å²) in [4.78, 5) is 27.9. The van der Waals surface area contributed by atoms with Crippen LogP contribution in [0.3, 0.4) is 0 Å². The van der Waals surface area contributed by atoms with Gasteiger partial charge in [0.25, 0.3) is 5.91 Å². The van der Waals surface area contributed by atoms with Crippen LogP contribution < -0.4 is 4.72 Å². The summed E-state index contributed by atoms with van der Waals surface area (Å²) in [5, 5.41) is 0. The molecule has 1 aliphatic rings. The average Bonchev–Trinajstić information content (AvgIpc) is 2.78. The lowest BCUT2D eigenvalue weighted by Crippen LogP contribution is -2.37. The molecule has 1 N–H and O–H groups in total. The molecule has 0 saturated carbocycles. The third kappa shape index (κ3) is 4.95.